The number of esters is 1. The third-order valence-corrected chi connectivity index (χ3v) is 8.15. The molecule has 3 aliphatic rings. The van der Waals surface area contributed by atoms with E-state index in [1.807, 2.05) is 55.5 Å². The Morgan fingerprint density at radius 3 is 2.26 bits per heavy atom. The third kappa shape index (κ3) is 5.90. The van der Waals surface area contributed by atoms with Gasteiger partial charge in [0.25, 0.3) is 0 Å². The molecule has 39 heavy (non-hydrogen) atoms. The van der Waals surface area contributed by atoms with Gasteiger partial charge in [0, 0.05) is 29.3 Å². The van der Waals surface area contributed by atoms with Crippen molar-refractivity contribution in [1.82, 2.24) is 5.32 Å². The molecular weight excluding hydrogens is 490 g/mol. The molecule has 0 unspecified atom stereocenters. The summed E-state index contributed by atoms with van der Waals surface area (Å²) < 4.78 is 17.2. The van der Waals surface area contributed by atoms with E-state index in [-0.39, 0.29) is 23.8 Å². The van der Waals surface area contributed by atoms with Gasteiger partial charge in [-0.15, -0.1) is 0 Å². The molecular formula is C33H39NO5. The second-order valence-electron chi connectivity index (χ2n) is 10.9. The van der Waals surface area contributed by atoms with E-state index in [2.05, 4.69) is 12.2 Å². The van der Waals surface area contributed by atoms with Crippen LogP contribution in [0, 0.1) is 0 Å². The molecule has 6 heteroatoms. The number of carbonyl (C=O) groups is 2. The van der Waals surface area contributed by atoms with Crippen LogP contribution in [0.15, 0.2) is 71.1 Å². The molecule has 0 bridgehead atoms. The Morgan fingerprint density at radius 2 is 1.59 bits per heavy atom. The van der Waals surface area contributed by atoms with Gasteiger partial charge in [0.05, 0.1) is 19.3 Å². The van der Waals surface area contributed by atoms with Crippen LogP contribution in [0.3, 0.4) is 0 Å². The number of rotatable bonds is 8. The van der Waals surface area contributed by atoms with Crippen molar-refractivity contribution in [2.45, 2.75) is 83.2 Å². The molecule has 1 aliphatic heterocycles. The minimum Gasteiger partial charge on any atom is -0.497 e. The van der Waals surface area contributed by atoms with Crippen LogP contribution in [0.5, 0.6) is 11.5 Å². The fourth-order valence-corrected chi connectivity index (χ4v) is 6.13. The summed E-state index contributed by atoms with van der Waals surface area (Å²) in [5.74, 6) is 0.912. The predicted octanol–water partition coefficient (Wildman–Crippen LogP) is 6.72. The summed E-state index contributed by atoms with van der Waals surface area (Å²) in [6.07, 6.45) is 7.10. The molecule has 0 aromatic heterocycles. The second kappa shape index (κ2) is 12.1. The first-order chi connectivity index (χ1) is 19.0. The fourth-order valence-electron chi connectivity index (χ4n) is 6.13. The number of Topliss-reactive ketones (excluding diaryl/α,β-unsaturated/α-hetero) is 1. The van der Waals surface area contributed by atoms with Crippen LogP contribution in [0.25, 0.3) is 0 Å². The van der Waals surface area contributed by atoms with Crippen LogP contribution in [0.4, 0.5) is 0 Å². The van der Waals surface area contributed by atoms with Gasteiger partial charge in [-0.05, 0) is 86.8 Å². The summed E-state index contributed by atoms with van der Waals surface area (Å²) in [7, 11) is 1.65. The lowest BCUT2D eigenvalue weighted by atomic mass is 9.71. The second-order valence-corrected chi connectivity index (χ2v) is 10.9. The Morgan fingerprint density at radius 1 is 0.923 bits per heavy atom. The molecule has 2 aliphatic carbocycles. The number of methoxy groups -OCH3 is 1. The molecule has 206 valence electrons. The quantitative estimate of drug-likeness (QED) is 0.383. The van der Waals surface area contributed by atoms with Crippen molar-refractivity contribution in [1.29, 1.82) is 0 Å². The number of hydrogen-bond donors (Lipinski definition) is 1. The number of benzene rings is 2. The van der Waals surface area contributed by atoms with Gasteiger partial charge < -0.3 is 19.5 Å². The van der Waals surface area contributed by atoms with Crippen molar-refractivity contribution >= 4 is 11.8 Å². The summed E-state index contributed by atoms with van der Waals surface area (Å²) >= 11 is 0. The molecule has 1 heterocycles. The highest BCUT2D eigenvalue weighted by Crippen LogP contribution is 2.46. The van der Waals surface area contributed by atoms with Crippen LogP contribution in [0.1, 0.15) is 88.2 Å². The van der Waals surface area contributed by atoms with Gasteiger partial charge in [-0.3, -0.25) is 4.79 Å². The van der Waals surface area contributed by atoms with Crippen LogP contribution in [-0.4, -0.2) is 31.6 Å². The number of dihydropyridines is 1. The highest BCUT2D eigenvalue weighted by Gasteiger charge is 2.42. The first-order valence-electron chi connectivity index (χ1n) is 14.3. The Labute approximate surface area is 231 Å². The van der Waals surface area contributed by atoms with Crippen molar-refractivity contribution in [3.05, 3.63) is 82.2 Å². The largest absolute Gasteiger partial charge is 0.497 e. The SMILES string of the molecule is CCCOc1ccc([C@H]2C(C(=O)OC3CCCCC3)=C(C)NC3=C2C(=O)C[C@@H](c2ccc(OC)cc2)C3)cc1. The number of ether oxygens (including phenoxy) is 3. The molecule has 1 N–H and O–H groups in total. The van der Waals surface area contributed by atoms with Gasteiger partial charge in [-0.2, -0.15) is 0 Å². The highest BCUT2D eigenvalue weighted by molar-refractivity contribution is 6.04. The maximum absolute atomic E-state index is 13.9. The normalized spacial score (nSPS) is 21.8. The lowest BCUT2D eigenvalue weighted by Gasteiger charge is -2.37. The summed E-state index contributed by atoms with van der Waals surface area (Å²) in [5.41, 5.74) is 4.89. The first kappa shape index (κ1) is 27.0. The summed E-state index contributed by atoms with van der Waals surface area (Å²) in [6, 6.07) is 15.8. The van der Waals surface area contributed by atoms with Gasteiger partial charge in [0.2, 0.25) is 0 Å². The molecule has 5 rings (SSSR count). The summed E-state index contributed by atoms with van der Waals surface area (Å²) in [5, 5.41) is 3.47. The molecule has 0 spiro atoms. The zero-order valence-corrected chi connectivity index (χ0v) is 23.3. The first-order valence-corrected chi connectivity index (χ1v) is 14.3. The molecule has 0 saturated heterocycles. The van der Waals surface area contributed by atoms with Gasteiger partial charge in [0.15, 0.2) is 5.78 Å². The van der Waals surface area contributed by atoms with E-state index in [1.165, 1.54) is 6.42 Å². The number of nitrogens with one attached hydrogen (secondary N) is 1. The topological polar surface area (TPSA) is 73.9 Å². The average Bonchev–Trinajstić information content (AvgIpc) is 2.96. The number of ketones is 1. The third-order valence-electron chi connectivity index (χ3n) is 8.15. The molecule has 1 saturated carbocycles. The lowest BCUT2D eigenvalue weighted by molar-refractivity contribution is -0.146. The van der Waals surface area contributed by atoms with Gasteiger partial charge in [-0.25, -0.2) is 4.79 Å². The fraction of sp³-hybridized carbons (Fsp3) is 0.455. The monoisotopic (exact) mass is 529 g/mol. The molecule has 1 fully saturated rings. The average molecular weight is 530 g/mol. The highest BCUT2D eigenvalue weighted by atomic mass is 16.5. The molecule has 2 aromatic carbocycles. The Hall–Kier alpha value is -3.54. The maximum atomic E-state index is 13.9. The van der Waals surface area contributed by atoms with Gasteiger partial charge >= 0.3 is 5.97 Å². The van der Waals surface area contributed by atoms with E-state index in [9.17, 15) is 9.59 Å². The van der Waals surface area contributed by atoms with E-state index in [0.717, 1.165) is 66.1 Å². The number of carbonyl (C=O) groups excluding carboxylic acids is 2. The number of allylic oxidation sites excluding steroid dienone is 3. The molecule has 0 amide bonds. The molecule has 2 aromatic rings. The molecule has 2 atom stereocenters. The van der Waals surface area contributed by atoms with Crippen molar-refractivity contribution in [2.75, 3.05) is 13.7 Å². The maximum Gasteiger partial charge on any atom is 0.337 e. The number of hydrogen-bond acceptors (Lipinski definition) is 6. The van der Waals surface area contributed by atoms with Crippen LogP contribution in [0.2, 0.25) is 0 Å². The summed E-state index contributed by atoms with van der Waals surface area (Å²) in [4.78, 5) is 27.6. The van der Waals surface area contributed by atoms with Crippen LogP contribution in [-0.2, 0) is 14.3 Å². The molecule has 0 radical (unpaired) electrons. The minimum absolute atomic E-state index is 0.0590. The smallest absolute Gasteiger partial charge is 0.337 e. The van der Waals surface area contributed by atoms with Crippen molar-refractivity contribution < 1.29 is 23.8 Å². The zero-order chi connectivity index (χ0) is 27.4. The summed E-state index contributed by atoms with van der Waals surface area (Å²) in [6.45, 7) is 4.64. The van der Waals surface area contributed by atoms with E-state index < -0.39 is 5.92 Å². The van der Waals surface area contributed by atoms with E-state index >= 15 is 0 Å². The van der Waals surface area contributed by atoms with Crippen molar-refractivity contribution in [3.8, 4) is 11.5 Å². The molecule has 6 nitrogen and oxygen atoms in total. The standard InChI is InChI=1S/C33H39NO5/c1-4-18-38-26-16-12-23(13-17-26)31-30(33(36)39-27-8-6-5-7-9-27)21(2)34-28-19-24(20-29(35)32(28)31)22-10-14-25(37-3)15-11-22/h10-17,24,27,31,34H,4-9,18-20H2,1-3H3/t24-,31-/m0/s1. The van der Waals surface area contributed by atoms with Gasteiger partial charge in [-0.1, -0.05) is 37.6 Å². The van der Waals surface area contributed by atoms with Crippen molar-refractivity contribution in [2.24, 2.45) is 0 Å². The van der Waals surface area contributed by atoms with E-state index in [4.69, 9.17) is 14.2 Å². The minimum atomic E-state index is -0.470. The predicted molar refractivity (Wildman–Crippen MR) is 151 cm³/mol. The van der Waals surface area contributed by atoms with Gasteiger partial charge in [0.1, 0.15) is 17.6 Å². The lowest BCUT2D eigenvalue weighted by Crippen LogP contribution is -2.37. The van der Waals surface area contributed by atoms with Crippen LogP contribution >= 0.6 is 0 Å². The van der Waals surface area contributed by atoms with Crippen molar-refractivity contribution in [3.63, 3.8) is 0 Å². The Bertz CT molecular complexity index is 1250. The van der Waals surface area contributed by atoms with E-state index in [0.29, 0.717) is 30.6 Å². The Balaban J connectivity index is 1.49. The zero-order valence-electron chi connectivity index (χ0n) is 23.3. The Kier molecular flexibility index (Phi) is 8.39. The van der Waals surface area contributed by atoms with Crippen LogP contribution < -0.4 is 14.8 Å². The van der Waals surface area contributed by atoms with E-state index in [1.54, 1.807) is 7.11 Å².